The first-order valence-electron chi connectivity index (χ1n) is 8.27. The van der Waals surface area contributed by atoms with Crippen molar-refractivity contribution in [2.24, 2.45) is 5.92 Å². The molecule has 0 bridgehead atoms. The lowest BCUT2D eigenvalue weighted by Crippen LogP contribution is -2.19. The molecule has 128 valence electrons. The van der Waals surface area contributed by atoms with E-state index in [9.17, 15) is 4.79 Å². The third kappa shape index (κ3) is 4.35. The molecular weight excluding hydrogens is 306 g/mol. The van der Waals surface area contributed by atoms with Gasteiger partial charge in [0.25, 0.3) is 0 Å². The van der Waals surface area contributed by atoms with Crippen molar-refractivity contribution in [3.05, 3.63) is 42.1 Å². The molecule has 6 heteroatoms. The average molecular weight is 329 g/mol. The van der Waals surface area contributed by atoms with E-state index in [-0.39, 0.29) is 5.91 Å². The average Bonchev–Trinajstić information content (AvgIpc) is 3.26. The fraction of sp³-hybridized carbons (Fsp3) is 0.444. The van der Waals surface area contributed by atoms with Gasteiger partial charge in [0.2, 0.25) is 5.91 Å². The number of aromatic nitrogens is 2. The van der Waals surface area contributed by atoms with E-state index in [1.54, 1.807) is 13.3 Å². The maximum absolute atomic E-state index is 12.2. The number of hydrogen-bond donors (Lipinski definition) is 1. The van der Waals surface area contributed by atoms with E-state index in [0.717, 1.165) is 43.3 Å². The van der Waals surface area contributed by atoms with Crippen LogP contribution >= 0.6 is 0 Å². The Labute approximate surface area is 141 Å². The Kier molecular flexibility index (Phi) is 5.48. The highest BCUT2D eigenvalue weighted by molar-refractivity contribution is 5.89. The van der Waals surface area contributed by atoms with Crippen molar-refractivity contribution in [2.45, 2.75) is 25.8 Å². The molecule has 1 N–H and O–H groups in total. The number of rotatable bonds is 7. The van der Waals surface area contributed by atoms with E-state index in [1.807, 2.05) is 35.0 Å². The van der Waals surface area contributed by atoms with Gasteiger partial charge in [0, 0.05) is 31.6 Å². The molecule has 1 aliphatic rings. The first-order valence-corrected chi connectivity index (χ1v) is 8.27. The fourth-order valence-electron chi connectivity index (χ4n) is 2.81. The number of amides is 1. The summed E-state index contributed by atoms with van der Waals surface area (Å²) in [6.07, 6.45) is 3.89. The number of nitrogens with zero attached hydrogens (tertiary/aromatic N) is 2. The van der Waals surface area contributed by atoms with E-state index < -0.39 is 0 Å². The maximum Gasteiger partial charge on any atom is 0.225 e. The Morgan fingerprint density at radius 3 is 2.92 bits per heavy atom. The van der Waals surface area contributed by atoms with Crippen LogP contribution in [0.2, 0.25) is 0 Å². The largest absolute Gasteiger partial charge is 0.497 e. The van der Waals surface area contributed by atoms with Crippen molar-refractivity contribution < 1.29 is 14.3 Å². The van der Waals surface area contributed by atoms with Crippen molar-refractivity contribution >= 4 is 11.7 Å². The van der Waals surface area contributed by atoms with Gasteiger partial charge in [-0.3, -0.25) is 4.79 Å². The molecule has 6 nitrogen and oxygen atoms in total. The number of hydrogen-bond acceptors (Lipinski definition) is 4. The molecule has 3 rings (SSSR count). The number of ether oxygens (including phenoxy) is 2. The van der Waals surface area contributed by atoms with Gasteiger partial charge in [-0.05, 0) is 30.5 Å². The van der Waals surface area contributed by atoms with Gasteiger partial charge in [0.05, 0.1) is 19.9 Å². The lowest BCUT2D eigenvalue weighted by molar-refractivity contribution is -0.116. The van der Waals surface area contributed by atoms with Crippen LogP contribution in [0.25, 0.3) is 0 Å². The zero-order chi connectivity index (χ0) is 16.8. The standard InChI is InChI=1S/C18H23N3O3/c1-23-16-5-2-14(3-6-16)4-7-18(22)20-17-8-10-19-21(17)12-15-9-11-24-13-15/h2-3,5-6,8,10,15H,4,7,9,11-13H2,1H3,(H,20,22). The summed E-state index contributed by atoms with van der Waals surface area (Å²) in [5, 5.41) is 7.26. The molecule has 0 radical (unpaired) electrons. The molecular formula is C18H23N3O3. The van der Waals surface area contributed by atoms with Crippen molar-refractivity contribution in [3.63, 3.8) is 0 Å². The molecule has 1 amide bonds. The van der Waals surface area contributed by atoms with Crippen LogP contribution in [0.3, 0.4) is 0 Å². The van der Waals surface area contributed by atoms with Gasteiger partial charge in [-0.25, -0.2) is 4.68 Å². The zero-order valence-corrected chi connectivity index (χ0v) is 13.9. The number of anilines is 1. The molecule has 0 aliphatic carbocycles. The predicted molar refractivity (Wildman–Crippen MR) is 91.1 cm³/mol. The molecule has 1 unspecified atom stereocenters. The second-order valence-electron chi connectivity index (χ2n) is 6.02. The number of methoxy groups -OCH3 is 1. The molecule has 0 saturated carbocycles. The number of nitrogens with one attached hydrogen (secondary N) is 1. The van der Waals surface area contributed by atoms with Gasteiger partial charge >= 0.3 is 0 Å². The fourth-order valence-corrected chi connectivity index (χ4v) is 2.81. The Bertz CT molecular complexity index is 660. The van der Waals surface area contributed by atoms with E-state index in [1.165, 1.54) is 0 Å². The molecule has 1 fully saturated rings. The maximum atomic E-state index is 12.2. The SMILES string of the molecule is COc1ccc(CCC(=O)Nc2ccnn2CC2CCOC2)cc1. The minimum Gasteiger partial charge on any atom is -0.497 e. The Hall–Kier alpha value is -2.34. The van der Waals surface area contributed by atoms with Crippen molar-refractivity contribution in [1.82, 2.24) is 9.78 Å². The van der Waals surface area contributed by atoms with Gasteiger partial charge in [0.1, 0.15) is 11.6 Å². The molecule has 1 saturated heterocycles. The summed E-state index contributed by atoms with van der Waals surface area (Å²) in [6, 6.07) is 9.62. The summed E-state index contributed by atoms with van der Waals surface area (Å²) in [5.74, 6) is 2.04. The van der Waals surface area contributed by atoms with Crippen LogP contribution in [0.4, 0.5) is 5.82 Å². The highest BCUT2D eigenvalue weighted by atomic mass is 16.5. The first kappa shape index (κ1) is 16.5. The predicted octanol–water partition coefficient (Wildman–Crippen LogP) is 2.50. The smallest absolute Gasteiger partial charge is 0.225 e. The number of carbonyl (C=O) groups is 1. The summed E-state index contributed by atoms with van der Waals surface area (Å²) in [4.78, 5) is 12.2. The summed E-state index contributed by atoms with van der Waals surface area (Å²) in [7, 11) is 1.64. The van der Waals surface area contributed by atoms with Gasteiger partial charge in [-0.15, -0.1) is 0 Å². The number of benzene rings is 1. The molecule has 1 aliphatic heterocycles. The van der Waals surface area contributed by atoms with Crippen molar-refractivity contribution in [2.75, 3.05) is 25.6 Å². The van der Waals surface area contributed by atoms with Crippen LogP contribution < -0.4 is 10.1 Å². The normalized spacial score (nSPS) is 17.0. The second-order valence-corrected chi connectivity index (χ2v) is 6.02. The summed E-state index contributed by atoms with van der Waals surface area (Å²) in [6.45, 7) is 2.36. The zero-order valence-electron chi connectivity index (χ0n) is 13.9. The summed E-state index contributed by atoms with van der Waals surface area (Å²) in [5.41, 5.74) is 1.11. The third-order valence-electron chi connectivity index (χ3n) is 4.24. The van der Waals surface area contributed by atoms with Crippen LogP contribution in [0.1, 0.15) is 18.4 Å². The lowest BCUT2D eigenvalue weighted by atomic mass is 10.1. The van der Waals surface area contributed by atoms with Crippen LogP contribution in [-0.4, -0.2) is 36.0 Å². The van der Waals surface area contributed by atoms with Crippen molar-refractivity contribution in [3.8, 4) is 5.75 Å². The van der Waals surface area contributed by atoms with E-state index >= 15 is 0 Å². The molecule has 2 heterocycles. The second kappa shape index (κ2) is 7.97. The van der Waals surface area contributed by atoms with Crippen LogP contribution in [0.15, 0.2) is 36.5 Å². The van der Waals surface area contributed by atoms with E-state index in [0.29, 0.717) is 18.8 Å². The minimum absolute atomic E-state index is 0.00441. The van der Waals surface area contributed by atoms with Gasteiger partial charge in [-0.2, -0.15) is 5.10 Å². The molecule has 1 aromatic heterocycles. The quantitative estimate of drug-likeness (QED) is 0.847. The van der Waals surface area contributed by atoms with E-state index in [2.05, 4.69) is 10.4 Å². The molecule has 1 aromatic carbocycles. The first-order chi connectivity index (χ1) is 11.7. The van der Waals surface area contributed by atoms with E-state index in [4.69, 9.17) is 9.47 Å². The van der Waals surface area contributed by atoms with Gasteiger partial charge in [0.15, 0.2) is 0 Å². The summed E-state index contributed by atoms with van der Waals surface area (Å²) < 4.78 is 12.4. The summed E-state index contributed by atoms with van der Waals surface area (Å²) >= 11 is 0. The van der Waals surface area contributed by atoms with Crippen LogP contribution in [0, 0.1) is 5.92 Å². The van der Waals surface area contributed by atoms with Gasteiger partial charge in [-0.1, -0.05) is 12.1 Å². The highest BCUT2D eigenvalue weighted by Crippen LogP contribution is 2.18. The van der Waals surface area contributed by atoms with Crippen molar-refractivity contribution in [1.29, 1.82) is 0 Å². The highest BCUT2D eigenvalue weighted by Gasteiger charge is 2.18. The monoisotopic (exact) mass is 329 g/mol. The molecule has 2 aromatic rings. The number of carbonyl (C=O) groups excluding carboxylic acids is 1. The molecule has 24 heavy (non-hydrogen) atoms. The van der Waals surface area contributed by atoms with Gasteiger partial charge < -0.3 is 14.8 Å². The molecule has 1 atom stereocenters. The Morgan fingerprint density at radius 1 is 1.38 bits per heavy atom. The third-order valence-corrected chi connectivity index (χ3v) is 4.24. The Morgan fingerprint density at radius 2 is 2.21 bits per heavy atom. The van der Waals surface area contributed by atoms with Crippen LogP contribution in [-0.2, 0) is 22.5 Å². The van der Waals surface area contributed by atoms with Crippen LogP contribution in [0.5, 0.6) is 5.75 Å². The molecule has 0 spiro atoms. The minimum atomic E-state index is -0.00441. The topological polar surface area (TPSA) is 65.4 Å². The lowest BCUT2D eigenvalue weighted by Gasteiger charge is -2.12. The Balaban J connectivity index is 1.50. The number of aryl methyl sites for hydroxylation is 1.